The van der Waals surface area contributed by atoms with Crippen LogP contribution in [0.1, 0.15) is 0 Å². The van der Waals surface area contributed by atoms with Gasteiger partial charge in [0.2, 0.25) is 0 Å². The molecule has 27 heavy (non-hydrogen) atoms. The summed E-state index contributed by atoms with van der Waals surface area (Å²) in [7, 11) is 0. The Labute approximate surface area is 182 Å². The first-order valence-electron chi connectivity index (χ1n) is 6.91. The molecule has 0 aromatic heterocycles. The fourth-order valence-electron chi connectivity index (χ4n) is 1.32. The summed E-state index contributed by atoms with van der Waals surface area (Å²) >= 11 is 0. The van der Waals surface area contributed by atoms with Gasteiger partial charge < -0.3 is 70.9 Å². The molecule has 15 heteroatoms. The van der Waals surface area contributed by atoms with E-state index < -0.39 is 74.0 Å². The Hall–Kier alpha value is -0.200. The van der Waals surface area contributed by atoms with Crippen LogP contribution in [0.25, 0.3) is 0 Å². The van der Waals surface area contributed by atoms with E-state index in [1.807, 2.05) is 0 Å². The Morgan fingerprint density at radius 3 is 0.963 bits per heavy atom. The number of hydrogen-bond donors (Lipinski definition) is 10. The Morgan fingerprint density at radius 1 is 0.593 bits per heavy atom. The number of hydrogen-bond acceptors (Lipinski definition) is 14. The summed E-state index contributed by atoms with van der Waals surface area (Å²) in [6.45, 7) is -1.73. The van der Waals surface area contributed by atoms with E-state index in [2.05, 4.69) is 0 Å². The average molecular weight is 430 g/mol. The van der Waals surface area contributed by atoms with Crippen LogP contribution in [0.15, 0.2) is 0 Å². The Kier molecular flexibility index (Phi) is 18.3. The predicted octanol–water partition coefficient (Wildman–Crippen LogP) is -10.0. The molecule has 10 N–H and O–H groups in total. The third-order valence-corrected chi connectivity index (χ3v) is 2.99. The second kappa shape index (κ2) is 15.7. The molecule has 0 spiro atoms. The molecule has 0 fully saturated rings. The number of carbonyl (C=O) groups excluding carboxylic acids is 2. The molecule has 0 aliphatic carbocycles. The van der Waals surface area contributed by atoms with Crippen LogP contribution in [-0.2, 0) is 9.59 Å². The number of rotatable bonds is 10. The molecular formula is C12H22CaO14. The van der Waals surface area contributed by atoms with E-state index in [0.717, 1.165) is 0 Å². The van der Waals surface area contributed by atoms with E-state index in [1.165, 1.54) is 0 Å². The molecule has 14 nitrogen and oxygen atoms in total. The van der Waals surface area contributed by atoms with Gasteiger partial charge in [-0.3, -0.25) is 0 Å². The normalized spacial score (nSPS) is 19.6. The van der Waals surface area contributed by atoms with Gasteiger partial charge >= 0.3 is 37.7 Å². The summed E-state index contributed by atoms with van der Waals surface area (Å²) in [5.74, 6) is -3.95. The molecule has 156 valence electrons. The molecule has 0 aliphatic heterocycles. The average Bonchev–Trinajstić information content (AvgIpc) is 2.62. The summed E-state index contributed by atoms with van der Waals surface area (Å²) in [6.07, 6.45) is -16.2. The molecule has 8 atom stereocenters. The van der Waals surface area contributed by atoms with Gasteiger partial charge in [0.05, 0.1) is 25.2 Å². The maximum Gasteiger partial charge on any atom is 2.00 e. The second-order valence-corrected chi connectivity index (χ2v) is 4.99. The minimum atomic E-state index is -2.31. The van der Waals surface area contributed by atoms with Crippen LogP contribution >= 0.6 is 0 Å². The SMILES string of the molecule is O=C([O-])[C@@H](O)[C@H](O)[C@H](O)[C@@H](O)CO.O=C([O-])[C@@H](O)[C@H](O)[C@H](O)[C@@H](O)CO.[Ca+2]. The number of aliphatic hydroxyl groups excluding tert-OH is 10. The zero-order chi connectivity index (χ0) is 21.2. The van der Waals surface area contributed by atoms with Crippen LogP contribution in [0.5, 0.6) is 0 Å². The molecule has 0 amide bonds. The Morgan fingerprint density at radius 2 is 0.815 bits per heavy atom. The molecule has 0 aromatic carbocycles. The largest absolute Gasteiger partial charge is 2.00 e. The van der Waals surface area contributed by atoms with Gasteiger partial charge in [0, 0.05) is 0 Å². The van der Waals surface area contributed by atoms with E-state index in [-0.39, 0.29) is 37.7 Å². The minimum Gasteiger partial charge on any atom is -0.547 e. The van der Waals surface area contributed by atoms with Gasteiger partial charge in [-0.25, -0.2) is 0 Å². The van der Waals surface area contributed by atoms with Crippen molar-refractivity contribution in [2.24, 2.45) is 0 Å². The van der Waals surface area contributed by atoms with E-state index in [9.17, 15) is 19.8 Å². The third kappa shape index (κ3) is 11.4. The summed E-state index contributed by atoms with van der Waals surface area (Å²) < 4.78 is 0. The second-order valence-electron chi connectivity index (χ2n) is 4.99. The third-order valence-electron chi connectivity index (χ3n) is 2.99. The molecule has 0 aromatic rings. The zero-order valence-corrected chi connectivity index (χ0v) is 16.1. The summed E-state index contributed by atoms with van der Waals surface area (Å²) in [5, 5.41) is 107. The fourth-order valence-corrected chi connectivity index (χ4v) is 1.32. The van der Waals surface area contributed by atoms with Crippen molar-refractivity contribution in [3.8, 4) is 0 Å². The van der Waals surface area contributed by atoms with Gasteiger partial charge in [0.1, 0.15) is 48.8 Å². The van der Waals surface area contributed by atoms with Crippen LogP contribution in [0.3, 0.4) is 0 Å². The quantitative estimate of drug-likeness (QED) is 0.144. The van der Waals surface area contributed by atoms with E-state index in [4.69, 9.17) is 51.1 Å². The first-order chi connectivity index (χ1) is 11.8. The van der Waals surface area contributed by atoms with Crippen molar-refractivity contribution in [1.29, 1.82) is 0 Å². The standard InChI is InChI=1S/2C6H12O7.Ca/c2*7-1-2(8)3(9)4(10)5(11)6(12)13;/h2*2-5,7-11H,1H2,(H,12,13);/q;;+2/p-2/t2*2-,3+,4+,5-;/m00./s1. The van der Waals surface area contributed by atoms with Crippen LogP contribution < -0.4 is 10.2 Å². The van der Waals surface area contributed by atoms with Crippen LogP contribution in [0, 0.1) is 0 Å². The number of aliphatic carboxylic acids is 2. The summed E-state index contributed by atoms with van der Waals surface area (Å²) in [4.78, 5) is 20.0. The molecule has 0 bridgehead atoms. The summed E-state index contributed by atoms with van der Waals surface area (Å²) in [6, 6.07) is 0. The molecule has 0 unspecified atom stereocenters. The maximum atomic E-state index is 9.98. The van der Waals surface area contributed by atoms with Crippen molar-refractivity contribution in [3.63, 3.8) is 0 Å². The molecule has 0 aliphatic rings. The number of carboxylic acid groups (broad SMARTS) is 2. The van der Waals surface area contributed by atoms with Gasteiger partial charge in [0.15, 0.2) is 0 Å². The van der Waals surface area contributed by atoms with Crippen molar-refractivity contribution in [3.05, 3.63) is 0 Å². The van der Waals surface area contributed by atoms with Gasteiger partial charge in [-0.1, -0.05) is 0 Å². The predicted molar refractivity (Wildman–Crippen MR) is 78.0 cm³/mol. The smallest absolute Gasteiger partial charge is 0.547 e. The first kappa shape index (κ1) is 31.5. The van der Waals surface area contributed by atoms with E-state index in [0.29, 0.717) is 0 Å². The van der Waals surface area contributed by atoms with Crippen molar-refractivity contribution in [1.82, 2.24) is 0 Å². The molecule has 0 rings (SSSR count). The monoisotopic (exact) mass is 430 g/mol. The van der Waals surface area contributed by atoms with Crippen molar-refractivity contribution < 1.29 is 70.9 Å². The van der Waals surface area contributed by atoms with Crippen LogP contribution in [0.4, 0.5) is 0 Å². The Balaban J connectivity index is -0.000000411. The van der Waals surface area contributed by atoms with E-state index in [1.54, 1.807) is 0 Å². The molecule has 0 saturated heterocycles. The van der Waals surface area contributed by atoms with E-state index >= 15 is 0 Å². The van der Waals surface area contributed by atoms with Gasteiger partial charge in [-0.2, -0.15) is 0 Å². The van der Waals surface area contributed by atoms with Crippen molar-refractivity contribution in [2.75, 3.05) is 13.2 Å². The van der Waals surface area contributed by atoms with Crippen molar-refractivity contribution >= 4 is 49.7 Å². The maximum absolute atomic E-state index is 9.98. The topological polar surface area (TPSA) is 283 Å². The molecule has 0 saturated carbocycles. The Bertz CT molecular complexity index is 385. The summed E-state index contributed by atoms with van der Waals surface area (Å²) in [5.41, 5.74) is 0. The zero-order valence-electron chi connectivity index (χ0n) is 13.8. The van der Waals surface area contributed by atoms with Crippen LogP contribution in [-0.4, -0.2) is 163 Å². The number of carboxylic acids is 2. The molecular weight excluding hydrogens is 408 g/mol. The van der Waals surface area contributed by atoms with Gasteiger partial charge in [-0.05, 0) is 0 Å². The number of aliphatic hydroxyl groups is 10. The molecule has 0 heterocycles. The van der Waals surface area contributed by atoms with Gasteiger partial charge in [-0.15, -0.1) is 0 Å². The van der Waals surface area contributed by atoms with Gasteiger partial charge in [0.25, 0.3) is 0 Å². The van der Waals surface area contributed by atoms with Crippen molar-refractivity contribution in [2.45, 2.75) is 48.8 Å². The minimum absolute atomic E-state index is 0. The fraction of sp³-hybridized carbons (Fsp3) is 0.833. The van der Waals surface area contributed by atoms with Crippen LogP contribution in [0.2, 0.25) is 0 Å². The number of carbonyl (C=O) groups is 2. The first-order valence-corrected chi connectivity index (χ1v) is 6.91. The molecule has 0 radical (unpaired) electrons.